The number of aromatic nitrogens is 2. The van der Waals surface area contributed by atoms with E-state index in [1.54, 1.807) is 24.1 Å². The Labute approximate surface area is 194 Å². The number of carbonyl (C=O) groups excluding carboxylic acids is 1. The molecule has 11 heteroatoms. The quantitative estimate of drug-likeness (QED) is 0.545. The summed E-state index contributed by atoms with van der Waals surface area (Å²) in [5.74, 6) is -0.157. The number of sulfonamides is 1. The highest BCUT2D eigenvalue weighted by Gasteiger charge is 2.33. The maximum Gasteiger partial charge on any atom is 0.265 e. The molecule has 4 rings (SSSR count). The fraction of sp³-hybridized carbons (Fsp3) is 0.250. The van der Waals surface area contributed by atoms with E-state index in [0.717, 1.165) is 0 Å². The highest BCUT2D eigenvalue weighted by atomic mass is 35.5. The second-order valence-electron chi connectivity index (χ2n) is 6.90. The molecule has 1 aliphatic heterocycles. The number of hydrogen-bond acceptors (Lipinski definition) is 6. The van der Waals surface area contributed by atoms with E-state index in [1.807, 2.05) is 18.2 Å². The summed E-state index contributed by atoms with van der Waals surface area (Å²) in [7, 11) is -3.81. The van der Waals surface area contributed by atoms with Gasteiger partial charge in [0.15, 0.2) is 0 Å². The van der Waals surface area contributed by atoms with Crippen LogP contribution in [-0.2, 0) is 10.0 Å². The number of hydrogen-bond donors (Lipinski definition) is 0. The largest absolute Gasteiger partial charge is 0.335 e. The number of benzene rings is 1. The number of thiazole rings is 1. The van der Waals surface area contributed by atoms with Gasteiger partial charge in [-0.2, -0.15) is 4.31 Å². The van der Waals surface area contributed by atoms with Crippen LogP contribution < -0.4 is 0 Å². The SMILES string of the molecule is Cc1nc(-c2ccccn2)sc1C(=O)N1CCN(S(=O)(=O)c2cccc(Cl)c2Cl)CC1. The molecule has 0 unspecified atom stereocenters. The summed E-state index contributed by atoms with van der Waals surface area (Å²) in [6, 6.07) is 10.0. The molecule has 0 atom stereocenters. The molecule has 1 amide bonds. The Morgan fingerprint density at radius 2 is 1.81 bits per heavy atom. The summed E-state index contributed by atoms with van der Waals surface area (Å²) >= 11 is 13.4. The summed E-state index contributed by atoms with van der Waals surface area (Å²) in [6.45, 7) is 2.67. The summed E-state index contributed by atoms with van der Waals surface area (Å²) in [4.78, 5) is 24.0. The van der Waals surface area contributed by atoms with Crippen molar-refractivity contribution in [2.75, 3.05) is 26.2 Å². The van der Waals surface area contributed by atoms with Crippen molar-refractivity contribution in [3.05, 3.63) is 63.2 Å². The van der Waals surface area contributed by atoms with Crippen molar-refractivity contribution >= 4 is 50.5 Å². The number of halogens is 2. The van der Waals surface area contributed by atoms with Crippen LogP contribution >= 0.6 is 34.5 Å². The van der Waals surface area contributed by atoms with Gasteiger partial charge < -0.3 is 4.90 Å². The lowest BCUT2D eigenvalue weighted by Crippen LogP contribution is -2.50. The Kier molecular flexibility index (Phi) is 6.32. The van der Waals surface area contributed by atoms with Crippen molar-refractivity contribution in [1.82, 2.24) is 19.2 Å². The molecular weight excluding hydrogens is 479 g/mol. The minimum absolute atomic E-state index is 0.00464. The van der Waals surface area contributed by atoms with E-state index < -0.39 is 10.0 Å². The van der Waals surface area contributed by atoms with Crippen molar-refractivity contribution < 1.29 is 13.2 Å². The lowest BCUT2D eigenvalue weighted by Gasteiger charge is -2.34. The Hall–Kier alpha value is -2.04. The molecule has 1 saturated heterocycles. The van der Waals surface area contributed by atoms with Gasteiger partial charge in [0, 0.05) is 32.4 Å². The molecule has 0 radical (unpaired) electrons. The molecule has 0 bridgehead atoms. The predicted octanol–water partition coefficient (Wildman–Crippen LogP) is 3.97. The Morgan fingerprint density at radius 1 is 1.06 bits per heavy atom. The second-order valence-corrected chi connectivity index (χ2v) is 10.6. The van der Waals surface area contributed by atoms with Gasteiger partial charge in [-0.3, -0.25) is 9.78 Å². The monoisotopic (exact) mass is 496 g/mol. The van der Waals surface area contributed by atoms with Crippen LogP contribution in [0.1, 0.15) is 15.4 Å². The van der Waals surface area contributed by atoms with Gasteiger partial charge >= 0.3 is 0 Å². The van der Waals surface area contributed by atoms with E-state index in [0.29, 0.717) is 21.3 Å². The first-order valence-electron chi connectivity index (χ1n) is 9.41. The van der Waals surface area contributed by atoms with Gasteiger partial charge in [0.05, 0.1) is 21.4 Å². The maximum atomic E-state index is 13.1. The van der Waals surface area contributed by atoms with Crippen molar-refractivity contribution in [2.24, 2.45) is 0 Å². The first kappa shape index (κ1) is 22.2. The molecule has 1 aromatic carbocycles. The zero-order valence-electron chi connectivity index (χ0n) is 16.5. The van der Waals surface area contributed by atoms with Crippen LogP contribution in [0.2, 0.25) is 10.0 Å². The molecule has 2 aromatic heterocycles. The van der Waals surface area contributed by atoms with Gasteiger partial charge in [0.1, 0.15) is 14.8 Å². The zero-order chi connectivity index (χ0) is 22.2. The molecule has 0 saturated carbocycles. The Balaban J connectivity index is 1.49. The van der Waals surface area contributed by atoms with Crippen molar-refractivity contribution in [3.8, 4) is 10.7 Å². The maximum absolute atomic E-state index is 13.1. The second kappa shape index (κ2) is 8.84. The molecular formula is C20H18Cl2N4O3S2. The van der Waals surface area contributed by atoms with Crippen LogP contribution in [0, 0.1) is 6.92 Å². The third kappa shape index (κ3) is 4.33. The third-order valence-corrected chi connectivity index (χ3v) is 8.97. The minimum atomic E-state index is -3.81. The standard InChI is InChI=1S/C20H18Cl2N4O3S2/c1-13-18(30-19(24-13)15-6-2-3-8-23-15)20(27)25-9-11-26(12-10-25)31(28,29)16-7-4-5-14(21)17(16)22/h2-8H,9-12H2,1H3. The number of rotatable bonds is 4. The molecule has 162 valence electrons. The lowest BCUT2D eigenvalue weighted by molar-refractivity contribution is 0.0702. The fourth-order valence-corrected chi connectivity index (χ4v) is 6.46. The van der Waals surface area contributed by atoms with E-state index in [1.165, 1.54) is 27.8 Å². The number of carbonyl (C=O) groups is 1. The highest BCUT2D eigenvalue weighted by molar-refractivity contribution is 7.89. The molecule has 3 heterocycles. The molecule has 1 aliphatic rings. The van der Waals surface area contributed by atoms with Gasteiger partial charge in [0.25, 0.3) is 5.91 Å². The van der Waals surface area contributed by atoms with E-state index in [4.69, 9.17) is 23.2 Å². The molecule has 1 fully saturated rings. The average Bonchev–Trinajstić information content (AvgIpc) is 3.17. The Bertz CT molecular complexity index is 1220. The summed E-state index contributed by atoms with van der Waals surface area (Å²) in [5, 5.41) is 0.865. The number of amides is 1. The third-order valence-electron chi connectivity index (χ3n) is 4.93. The molecule has 0 aliphatic carbocycles. The molecule has 0 spiro atoms. The van der Waals surface area contributed by atoms with Gasteiger partial charge in [-0.1, -0.05) is 35.3 Å². The van der Waals surface area contributed by atoms with Crippen LogP contribution in [0.4, 0.5) is 0 Å². The van der Waals surface area contributed by atoms with Crippen LogP contribution in [0.5, 0.6) is 0 Å². The molecule has 0 N–H and O–H groups in total. The Morgan fingerprint density at radius 3 is 2.48 bits per heavy atom. The first-order chi connectivity index (χ1) is 14.8. The van der Waals surface area contributed by atoms with E-state index in [9.17, 15) is 13.2 Å². The highest BCUT2D eigenvalue weighted by Crippen LogP contribution is 2.32. The number of pyridine rings is 1. The lowest BCUT2D eigenvalue weighted by atomic mass is 10.3. The molecule has 3 aromatic rings. The van der Waals surface area contributed by atoms with Gasteiger partial charge in [-0.25, -0.2) is 13.4 Å². The van der Waals surface area contributed by atoms with Gasteiger partial charge in [-0.05, 0) is 31.2 Å². The predicted molar refractivity (Wildman–Crippen MR) is 121 cm³/mol. The van der Waals surface area contributed by atoms with Gasteiger partial charge in [0.2, 0.25) is 10.0 Å². The minimum Gasteiger partial charge on any atom is -0.335 e. The normalized spacial score (nSPS) is 15.3. The summed E-state index contributed by atoms with van der Waals surface area (Å²) in [5.41, 5.74) is 1.35. The number of piperazine rings is 1. The van der Waals surface area contributed by atoms with E-state index in [2.05, 4.69) is 9.97 Å². The molecule has 7 nitrogen and oxygen atoms in total. The average molecular weight is 497 g/mol. The van der Waals surface area contributed by atoms with E-state index >= 15 is 0 Å². The van der Waals surface area contributed by atoms with Gasteiger partial charge in [-0.15, -0.1) is 11.3 Å². The van der Waals surface area contributed by atoms with Crippen molar-refractivity contribution in [2.45, 2.75) is 11.8 Å². The van der Waals surface area contributed by atoms with Crippen molar-refractivity contribution in [1.29, 1.82) is 0 Å². The molecule has 31 heavy (non-hydrogen) atoms. The van der Waals surface area contributed by atoms with E-state index in [-0.39, 0.29) is 47.0 Å². The van der Waals surface area contributed by atoms with Crippen LogP contribution in [0.3, 0.4) is 0 Å². The number of nitrogens with zero attached hydrogens (tertiary/aromatic N) is 4. The van der Waals surface area contributed by atoms with Crippen LogP contribution in [0.15, 0.2) is 47.5 Å². The first-order valence-corrected chi connectivity index (χ1v) is 12.4. The number of aryl methyl sites for hydroxylation is 1. The summed E-state index contributed by atoms with van der Waals surface area (Å²) < 4.78 is 27.3. The zero-order valence-corrected chi connectivity index (χ0v) is 19.6. The van der Waals surface area contributed by atoms with Crippen LogP contribution in [-0.4, -0.2) is 59.7 Å². The van der Waals surface area contributed by atoms with Crippen LogP contribution in [0.25, 0.3) is 10.7 Å². The van der Waals surface area contributed by atoms with Crippen molar-refractivity contribution in [3.63, 3.8) is 0 Å². The topological polar surface area (TPSA) is 83.5 Å². The fourth-order valence-electron chi connectivity index (χ4n) is 3.29. The smallest absolute Gasteiger partial charge is 0.265 e. The summed E-state index contributed by atoms with van der Waals surface area (Å²) in [6.07, 6.45) is 1.68.